The van der Waals surface area contributed by atoms with Gasteiger partial charge in [-0.05, 0) is 191 Å². The van der Waals surface area contributed by atoms with Gasteiger partial charge in [0.15, 0.2) is 11.2 Å². The van der Waals surface area contributed by atoms with Crippen LogP contribution < -0.4 is 47.4 Å². The maximum atomic E-state index is 13.6. The van der Waals surface area contributed by atoms with Crippen molar-refractivity contribution in [1.82, 2.24) is 0 Å². The topological polar surface area (TPSA) is 163 Å². The first-order valence-electron chi connectivity index (χ1n) is 38.5. The fraction of sp³-hybridized carbons (Fsp3) is 0.340. The van der Waals surface area contributed by atoms with Crippen LogP contribution in [0, 0.1) is 0 Å². The molecule has 0 spiro atoms. The Bertz CT molecular complexity index is 4630. The molecule has 2 atom stereocenters. The summed E-state index contributed by atoms with van der Waals surface area (Å²) in [7, 11) is 13.4. The van der Waals surface area contributed by atoms with E-state index in [0.29, 0.717) is 60.2 Å². The molecule has 0 N–H and O–H groups in total. The average molecular weight is 1480 g/mol. The summed E-state index contributed by atoms with van der Waals surface area (Å²) >= 11 is 0. The van der Waals surface area contributed by atoms with Crippen LogP contribution in [0.4, 0.5) is 0 Å². The molecule has 2 aliphatic heterocycles. The van der Waals surface area contributed by atoms with Gasteiger partial charge < -0.3 is 66.3 Å². The zero-order valence-corrected chi connectivity index (χ0v) is 64.7. The van der Waals surface area contributed by atoms with E-state index in [1.165, 1.54) is 0 Å². The molecule has 570 valence electrons. The van der Waals surface area contributed by atoms with Crippen molar-refractivity contribution in [2.24, 2.45) is 0 Å². The Kier molecular flexibility index (Phi) is 22.8. The van der Waals surface area contributed by atoms with Gasteiger partial charge in [0.2, 0.25) is 0 Å². The number of esters is 2. The molecule has 2 aliphatic carbocycles. The maximum Gasteiger partial charge on any atom is 0.305 e. The highest BCUT2D eigenvalue weighted by Crippen LogP contribution is 2.63. The lowest BCUT2D eigenvalue weighted by Gasteiger charge is -2.39. The van der Waals surface area contributed by atoms with Crippen molar-refractivity contribution in [3.05, 3.63) is 238 Å². The Morgan fingerprint density at radius 1 is 0.336 bits per heavy atom. The van der Waals surface area contributed by atoms with Gasteiger partial charge in [0.05, 0.1) is 70.1 Å². The lowest BCUT2D eigenvalue weighted by molar-refractivity contribution is -0.148. The van der Waals surface area contributed by atoms with E-state index in [9.17, 15) is 9.59 Å². The van der Waals surface area contributed by atoms with E-state index in [-0.39, 0.29) is 51.2 Å². The van der Waals surface area contributed by atoms with Crippen molar-refractivity contribution in [3.63, 3.8) is 0 Å². The third kappa shape index (κ3) is 14.1. The fourth-order valence-corrected chi connectivity index (χ4v) is 16.8. The number of carbonyl (C=O) groups excluding carboxylic acids is 2. The highest BCUT2D eigenvalue weighted by molar-refractivity contribution is 6.10. The number of carbonyl (C=O) groups is 2. The third-order valence-corrected chi connectivity index (χ3v) is 22.4. The summed E-state index contributed by atoms with van der Waals surface area (Å²) in [5.74, 6) is 6.56. The lowest BCUT2D eigenvalue weighted by Crippen LogP contribution is -2.36. The Hall–Kier alpha value is -10.9. The molecule has 4 aliphatic rings. The number of hydrogen-bond donors (Lipinski definition) is 0. The number of methoxy groups -OCH3 is 8. The zero-order chi connectivity index (χ0) is 76.6. The molecule has 2 heterocycles. The normalized spacial score (nSPS) is 16.3. The van der Waals surface area contributed by atoms with Crippen molar-refractivity contribution < 1.29 is 75.9 Å². The molecule has 16 heteroatoms. The second-order valence-electron chi connectivity index (χ2n) is 28.5. The molecule has 0 radical (unpaired) electrons. The molecule has 10 aromatic carbocycles. The fourth-order valence-electron chi connectivity index (χ4n) is 16.8. The van der Waals surface area contributed by atoms with Crippen LogP contribution in [-0.4, -0.2) is 95.2 Å². The number of fused-ring (bicyclic) bond motifs is 16. The van der Waals surface area contributed by atoms with Gasteiger partial charge in [0.1, 0.15) is 81.9 Å². The Morgan fingerprint density at radius 2 is 0.645 bits per heavy atom. The molecule has 16 nitrogen and oxygen atoms in total. The van der Waals surface area contributed by atoms with Crippen LogP contribution in [0.2, 0.25) is 0 Å². The van der Waals surface area contributed by atoms with Gasteiger partial charge >= 0.3 is 11.9 Å². The molecule has 110 heavy (non-hydrogen) atoms. The summed E-state index contributed by atoms with van der Waals surface area (Å²) in [6, 6.07) is 56.8. The van der Waals surface area contributed by atoms with E-state index in [1.54, 1.807) is 56.9 Å². The SMILES string of the molecule is CCCCC1(OCCOC(=O)CCCCCCCCC(=O)OCCOC2(CCCC)c3cc(OC)ccc3-c3c2c2c(c4cc(OC)ccc34)OC(c3ccc(OC)cc3)(c3ccc(OC)cc3)C=C2)c2cc(OC)ccc2-c2c1c1c(c3cc(OC)ccc23)OC(c2ccc(OC)cc2)(c2ccc(OC)cc2)C=C1. The first-order valence-corrected chi connectivity index (χ1v) is 38.5. The minimum atomic E-state index is -1.07. The van der Waals surface area contributed by atoms with E-state index in [4.69, 9.17) is 66.3 Å². The van der Waals surface area contributed by atoms with E-state index in [0.717, 1.165) is 174 Å². The van der Waals surface area contributed by atoms with E-state index in [2.05, 4.69) is 86.7 Å². The van der Waals surface area contributed by atoms with Gasteiger partial charge in [-0.3, -0.25) is 9.59 Å². The molecular formula is C94H98O16. The number of rotatable bonds is 35. The zero-order valence-electron chi connectivity index (χ0n) is 64.7. The number of hydrogen-bond acceptors (Lipinski definition) is 16. The quantitative estimate of drug-likeness (QED) is 0.0272. The second-order valence-corrected chi connectivity index (χ2v) is 28.5. The molecule has 0 fully saturated rings. The van der Waals surface area contributed by atoms with Gasteiger partial charge in [-0.2, -0.15) is 0 Å². The summed E-state index contributed by atoms with van der Waals surface area (Å²) in [6.45, 7) is 4.80. The summed E-state index contributed by atoms with van der Waals surface area (Å²) in [4.78, 5) is 27.1. The van der Waals surface area contributed by atoms with E-state index in [1.807, 2.05) is 121 Å². The van der Waals surface area contributed by atoms with Crippen LogP contribution in [0.5, 0.6) is 57.5 Å². The molecule has 0 bridgehead atoms. The monoisotopic (exact) mass is 1480 g/mol. The van der Waals surface area contributed by atoms with Gasteiger partial charge in [0, 0.05) is 68.1 Å². The van der Waals surface area contributed by atoms with Crippen molar-refractivity contribution in [3.8, 4) is 79.7 Å². The van der Waals surface area contributed by atoms with Crippen molar-refractivity contribution in [2.45, 2.75) is 126 Å². The minimum Gasteiger partial charge on any atom is -0.497 e. The van der Waals surface area contributed by atoms with Gasteiger partial charge in [-0.15, -0.1) is 0 Å². The largest absolute Gasteiger partial charge is 0.497 e. The summed E-state index contributed by atoms with van der Waals surface area (Å²) < 4.78 is 88.3. The van der Waals surface area contributed by atoms with Crippen LogP contribution in [-0.2, 0) is 50.9 Å². The van der Waals surface area contributed by atoms with Gasteiger partial charge in [-0.1, -0.05) is 138 Å². The van der Waals surface area contributed by atoms with Crippen molar-refractivity contribution in [1.29, 1.82) is 0 Å². The Morgan fingerprint density at radius 3 is 0.973 bits per heavy atom. The van der Waals surface area contributed by atoms with Crippen LogP contribution >= 0.6 is 0 Å². The minimum absolute atomic E-state index is 0.0696. The summed E-state index contributed by atoms with van der Waals surface area (Å²) in [6.07, 6.45) is 18.9. The highest BCUT2D eigenvalue weighted by Gasteiger charge is 2.52. The molecule has 14 rings (SSSR count). The van der Waals surface area contributed by atoms with Gasteiger partial charge in [0.25, 0.3) is 0 Å². The Balaban J connectivity index is 0.619. The predicted molar refractivity (Wildman–Crippen MR) is 429 cm³/mol. The highest BCUT2D eigenvalue weighted by atomic mass is 16.6. The number of benzene rings is 10. The standard InChI is InChI=1S/C94H98O16/c1-11-13-49-93(81-59-71(103-9)41-45-75(81)85-73-43-39-69(101-7)57-79(73)89-77(87(85)93)47-51-91(109-89,61-23-31-65(97-3)32-24-61)62-25-33-66(98-4)34-26-62)107-55-53-105-83(95)21-19-17-15-16-18-20-22-84(96)106-54-56-108-94(50-14-12-2)82-60-72(104-10)42-46-76(82)86-74-44-40-70(102-8)58-80(74)90-78(88(86)94)48-52-92(110-90,63-27-35-67(99-5)36-28-63)64-29-37-68(100-6)38-30-64/h23-48,51-52,57-60H,11-22,49-50,53-56H2,1-10H3. The van der Waals surface area contributed by atoms with Crippen LogP contribution in [0.1, 0.15) is 159 Å². The first-order chi connectivity index (χ1) is 53.8. The van der Waals surface area contributed by atoms with Crippen molar-refractivity contribution in [2.75, 3.05) is 83.3 Å². The van der Waals surface area contributed by atoms with Crippen LogP contribution in [0.3, 0.4) is 0 Å². The maximum absolute atomic E-state index is 13.6. The molecule has 0 saturated carbocycles. The van der Waals surface area contributed by atoms with Crippen LogP contribution in [0.25, 0.3) is 56.0 Å². The smallest absolute Gasteiger partial charge is 0.305 e. The molecule has 10 aromatic rings. The van der Waals surface area contributed by atoms with Gasteiger partial charge in [-0.25, -0.2) is 0 Å². The predicted octanol–water partition coefficient (Wildman–Crippen LogP) is 20.5. The molecule has 0 amide bonds. The Labute approximate surface area is 645 Å². The van der Waals surface area contributed by atoms with E-state index < -0.39 is 22.4 Å². The van der Waals surface area contributed by atoms with Crippen LogP contribution in [0.15, 0.2) is 182 Å². The molecule has 2 unspecified atom stereocenters. The second kappa shape index (κ2) is 33.1. The van der Waals surface area contributed by atoms with Crippen molar-refractivity contribution >= 4 is 45.6 Å². The number of unbranched alkanes of at least 4 members (excludes halogenated alkanes) is 7. The molecule has 0 saturated heterocycles. The molecular weight excluding hydrogens is 1390 g/mol. The first kappa shape index (κ1) is 75.9. The summed E-state index contributed by atoms with van der Waals surface area (Å²) in [5, 5.41) is 3.74. The van der Waals surface area contributed by atoms with E-state index >= 15 is 0 Å². The number of ether oxygens (including phenoxy) is 14. The lowest BCUT2D eigenvalue weighted by atomic mass is 9.78. The summed E-state index contributed by atoms with van der Waals surface area (Å²) in [5.41, 5.74) is 9.41. The average Bonchev–Trinajstić information content (AvgIpc) is 1.51. The third-order valence-electron chi connectivity index (χ3n) is 22.4. The molecule has 0 aromatic heterocycles.